The molecule has 0 N–H and O–H groups in total. The summed E-state index contributed by atoms with van der Waals surface area (Å²) in [6.07, 6.45) is 1.07. The van der Waals surface area contributed by atoms with Crippen LogP contribution in [0.25, 0.3) is 11.0 Å². The van der Waals surface area contributed by atoms with E-state index < -0.39 is 21.4 Å². The van der Waals surface area contributed by atoms with E-state index in [-0.39, 0.29) is 17.1 Å². The van der Waals surface area contributed by atoms with Crippen molar-refractivity contribution in [2.24, 2.45) is 0 Å². The average molecular weight is 386 g/mol. The van der Waals surface area contributed by atoms with Crippen LogP contribution in [-0.4, -0.2) is 20.6 Å². The van der Waals surface area contributed by atoms with E-state index in [0.717, 1.165) is 11.8 Å². The Labute approximate surface area is 156 Å². The molecule has 3 aromatic rings. The van der Waals surface area contributed by atoms with Gasteiger partial charge >= 0.3 is 11.6 Å². The third kappa shape index (κ3) is 4.09. The van der Waals surface area contributed by atoms with Crippen molar-refractivity contribution < 1.29 is 22.4 Å². The van der Waals surface area contributed by atoms with Gasteiger partial charge in [0.25, 0.3) is 0 Å². The van der Waals surface area contributed by atoms with Crippen molar-refractivity contribution in [2.75, 3.05) is 6.26 Å². The highest BCUT2D eigenvalue weighted by molar-refractivity contribution is 7.90. The first kappa shape index (κ1) is 18.8. The van der Waals surface area contributed by atoms with Crippen molar-refractivity contribution >= 4 is 26.8 Å². The highest BCUT2D eigenvalue weighted by atomic mass is 32.2. The zero-order chi connectivity index (χ0) is 19.8. The summed E-state index contributed by atoms with van der Waals surface area (Å²) in [5.74, 6) is -0.661. The summed E-state index contributed by atoms with van der Waals surface area (Å²) in [6, 6.07) is 11.0. The fraction of sp³-hybridized carbons (Fsp3) is 0.200. The molecule has 0 amide bonds. The van der Waals surface area contributed by atoms with Crippen molar-refractivity contribution in [3.8, 4) is 0 Å². The third-order valence-corrected chi connectivity index (χ3v) is 5.31. The molecule has 0 radical (unpaired) electrons. The molecular formula is C20H18O6S. The average Bonchev–Trinajstić information content (AvgIpc) is 2.58. The van der Waals surface area contributed by atoms with E-state index in [9.17, 15) is 18.0 Å². The molecule has 7 heteroatoms. The minimum absolute atomic E-state index is 0.0429. The maximum atomic E-state index is 12.5. The van der Waals surface area contributed by atoms with Gasteiger partial charge in [-0.25, -0.2) is 18.0 Å². The van der Waals surface area contributed by atoms with Gasteiger partial charge in [0.2, 0.25) is 0 Å². The number of benzene rings is 2. The number of fused-ring (bicyclic) bond motifs is 1. The molecule has 2 aromatic carbocycles. The molecule has 0 fully saturated rings. The number of aryl methyl sites for hydroxylation is 2. The second-order valence-electron chi connectivity index (χ2n) is 6.42. The zero-order valence-corrected chi connectivity index (χ0v) is 15.9. The maximum absolute atomic E-state index is 12.5. The number of hydrogen-bond acceptors (Lipinski definition) is 6. The predicted molar refractivity (Wildman–Crippen MR) is 101 cm³/mol. The highest BCUT2D eigenvalue weighted by Gasteiger charge is 2.16. The summed E-state index contributed by atoms with van der Waals surface area (Å²) in [5, 5.41) is 0.676. The number of carbonyl (C=O) groups excluding carboxylic acids is 1. The molecule has 0 atom stereocenters. The van der Waals surface area contributed by atoms with Crippen molar-refractivity contribution in [2.45, 2.75) is 25.3 Å². The molecule has 0 unspecified atom stereocenters. The fourth-order valence-corrected chi connectivity index (χ4v) is 3.38. The van der Waals surface area contributed by atoms with Crippen LogP contribution >= 0.6 is 0 Å². The van der Waals surface area contributed by atoms with E-state index >= 15 is 0 Å². The van der Waals surface area contributed by atoms with Gasteiger partial charge in [-0.05, 0) is 43.2 Å². The van der Waals surface area contributed by atoms with Crippen LogP contribution in [0.1, 0.15) is 27.0 Å². The van der Waals surface area contributed by atoms with Crippen LogP contribution in [0.3, 0.4) is 0 Å². The number of hydrogen-bond donors (Lipinski definition) is 0. The van der Waals surface area contributed by atoms with Gasteiger partial charge in [-0.3, -0.25) is 0 Å². The summed E-state index contributed by atoms with van der Waals surface area (Å²) < 4.78 is 34.0. The molecule has 0 aliphatic rings. The monoisotopic (exact) mass is 386 g/mol. The molecule has 1 heterocycles. The maximum Gasteiger partial charge on any atom is 0.338 e. The van der Waals surface area contributed by atoms with Crippen LogP contribution in [0.15, 0.2) is 56.6 Å². The van der Waals surface area contributed by atoms with E-state index in [1.807, 2.05) is 13.0 Å². The Kier molecular flexibility index (Phi) is 4.89. The number of rotatable bonds is 4. The van der Waals surface area contributed by atoms with E-state index in [0.29, 0.717) is 22.1 Å². The summed E-state index contributed by atoms with van der Waals surface area (Å²) in [7, 11) is -3.44. The first-order valence-electron chi connectivity index (χ1n) is 8.16. The number of esters is 1. The normalized spacial score (nSPS) is 11.5. The smallest absolute Gasteiger partial charge is 0.338 e. The Morgan fingerprint density at radius 1 is 1.07 bits per heavy atom. The van der Waals surface area contributed by atoms with Crippen LogP contribution in [0.5, 0.6) is 0 Å². The van der Waals surface area contributed by atoms with Crippen molar-refractivity contribution in [1.29, 1.82) is 0 Å². The summed E-state index contributed by atoms with van der Waals surface area (Å²) >= 11 is 0. The molecule has 1 aromatic heterocycles. The Bertz CT molecular complexity index is 1200. The lowest BCUT2D eigenvalue weighted by Crippen LogP contribution is -2.10. The van der Waals surface area contributed by atoms with Gasteiger partial charge in [-0.2, -0.15) is 0 Å². The van der Waals surface area contributed by atoms with Crippen LogP contribution in [0.4, 0.5) is 0 Å². The standard InChI is InChI=1S/C20H18O6S/c1-12-4-7-16-14(9-19(21)26-18(16)8-12)11-25-20(22)17-10-15(27(3,23)24)6-5-13(17)2/h4-10H,11H2,1-3H3. The minimum Gasteiger partial charge on any atom is -0.457 e. The lowest BCUT2D eigenvalue weighted by molar-refractivity contribution is 0.0472. The molecule has 27 heavy (non-hydrogen) atoms. The van der Waals surface area contributed by atoms with Gasteiger partial charge in [0.15, 0.2) is 9.84 Å². The molecule has 3 rings (SSSR count). The molecule has 0 aliphatic carbocycles. The Balaban J connectivity index is 1.91. The molecule has 0 bridgehead atoms. The van der Waals surface area contributed by atoms with Gasteiger partial charge in [0, 0.05) is 23.3 Å². The van der Waals surface area contributed by atoms with Gasteiger partial charge < -0.3 is 9.15 Å². The van der Waals surface area contributed by atoms with Gasteiger partial charge in [0.1, 0.15) is 12.2 Å². The molecule has 0 saturated heterocycles. The highest BCUT2D eigenvalue weighted by Crippen LogP contribution is 2.21. The molecule has 140 valence electrons. The third-order valence-electron chi connectivity index (χ3n) is 4.20. The Morgan fingerprint density at radius 2 is 1.81 bits per heavy atom. The number of ether oxygens (including phenoxy) is 1. The fourth-order valence-electron chi connectivity index (χ4n) is 2.73. The van der Waals surface area contributed by atoms with E-state index in [2.05, 4.69) is 0 Å². The van der Waals surface area contributed by atoms with Gasteiger partial charge in [0.05, 0.1) is 10.5 Å². The quantitative estimate of drug-likeness (QED) is 0.505. The number of carbonyl (C=O) groups is 1. The molecule has 0 spiro atoms. The van der Waals surface area contributed by atoms with Crippen molar-refractivity contribution in [3.05, 3.63) is 75.1 Å². The van der Waals surface area contributed by atoms with E-state index in [4.69, 9.17) is 9.15 Å². The van der Waals surface area contributed by atoms with Gasteiger partial charge in [-0.1, -0.05) is 18.2 Å². The molecule has 0 saturated carbocycles. The van der Waals surface area contributed by atoms with E-state index in [1.54, 1.807) is 25.1 Å². The van der Waals surface area contributed by atoms with Gasteiger partial charge in [-0.15, -0.1) is 0 Å². The lowest BCUT2D eigenvalue weighted by Gasteiger charge is -2.10. The summed E-state index contributed by atoms with van der Waals surface area (Å²) in [6.45, 7) is 3.44. The second kappa shape index (κ2) is 7.00. The van der Waals surface area contributed by atoms with E-state index in [1.165, 1.54) is 18.2 Å². The lowest BCUT2D eigenvalue weighted by atomic mass is 10.1. The van der Waals surface area contributed by atoms with Crippen molar-refractivity contribution in [3.63, 3.8) is 0 Å². The van der Waals surface area contributed by atoms with Crippen LogP contribution in [0, 0.1) is 13.8 Å². The van der Waals surface area contributed by atoms with Crippen molar-refractivity contribution in [1.82, 2.24) is 0 Å². The molecule has 6 nitrogen and oxygen atoms in total. The first-order chi connectivity index (χ1) is 12.6. The molecular weight excluding hydrogens is 368 g/mol. The second-order valence-corrected chi connectivity index (χ2v) is 8.43. The Hall–Kier alpha value is -2.93. The van der Waals surface area contributed by atoms with Crippen LogP contribution in [-0.2, 0) is 21.2 Å². The summed E-state index contributed by atoms with van der Waals surface area (Å²) in [5.41, 5.74) is 2.11. The van der Waals surface area contributed by atoms with Crippen LogP contribution < -0.4 is 5.63 Å². The predicted octanol–water partition coefficient (Wildman–Crippen LogP) is 3.17. The topological polar surface area (TPSA) is 90.7 Å². The molecule has 0 aliphatic heterocycles. The minimum atomic E-state index is -3.44. The van der Waals surface area contributed by atoms with Crippen LogP contribution in [0.2, 0.25) is 0 Å². The first-order valence-corrected chi connectivity index (χ1v) is 10.1. The Morgan fingerprint density at radius 3 is 2.52 bits per heavy atom. The zero-order valence-electron chi connectivity index (χ0n) is 15.1. The SMILES string of the molecule is Cc1ccc2c(COC(=O)c3cc(S(C)(=O)=O)ccc3C)cc(=O)oc2c1. The number of sulfone groups is 1. The largest absolute Gasteiger partial charge is 0.457 e. The summed E-state index contributed by atoms with van der Waals surface area (Å²) in [4.78, 5) is 24.3.